The number of hydrogen-bond acceptors (Lipinski definition) is 7. The van der Waals surface area contributed by atoms with Crippen LogP contribution < -0.4 is 0 Å². The lowest BCUT2D eigenvalue weighted by molar-refractivity contribution is -0.140. The van der Waals surface area contributed by atoms with Crippen LogP contribution in [0.2, 0.25) is 19.6 Å². The summed E-state index contributed by atoms with van der Waals surface area (Å²) in [6.45, 7) is 16.4. The third-order valence-corrected chi connectivity index (χ3v) is 3.76. The maximum Gasteiger partial charge on any atom is 0.333 e. The van der Waals surface area contributed by atoms with Crippen molar-refractivity contribution in [1.29, 1.82) is 0 Å². The van der Waals surface area contributed by atoms with Crippen molar-refractivity contribution in [3.05, 3.63) is 12.2 Å². The largest absolute Gasteiger partial charge is 0.460 e. The Morgan fingerprint density at radius 3 is 1.44 bits per heavy atom. The minimum Gasteiger partial charge on any atom is -0.460 e. The first-order valence-electron chi connectivity index (χ1n) is 8.60. The molecule has 0 saturated heterocycles. The fourth-order valence-electron chi connectivity index (χ4n) is 1.49. The Balaban J connectivity index is 3.12. The standard InChI is InChI=1S/C17H34O7Si/c1-16(2)17(18)23-14-12-21-10-8-19-6-7-20-9-11-22-13-15-24-25(3,4)5/h1,6-15H2,2-5H3. The first-order valence-corrected chi connectivity index (χ1v) is 12.0. The average Bonchev–Trinajstić information content (AvgIpc) is 2.53. The highest BCUT2D eigenvalue weighted by Crippen LogP contribution is 2.01. The minimum absolute atomic E-state index is 0.220. The summed E-state index contributed by atoms with van der Waals surface area (Å²) in [5.74, 6) is -0.399. The van der Waals surface area contributed by atoms with Crippen molar-refractivity contribution in [1.82, 2.24) is 0 Å². The lowest BCUT2D eigenvalue weighted by Crippen LogP contribution is -2.27. The molecule has 0 aromatic heterocycles. The van der Waals surface area contributed by atoms with Crippen LogP contribution in [0.4, 0.5) is 0 Å². The van der Waals surface area contributed by atoms with Gasteiger partial charge < -0.3 is 28.1 Å². The summed E-state index contributed by atoms with van der Waals surface area (Å²) in [6, 6.07) is 0. The van der Waals surface area contributed by atoms with Gasteiger partial charge in [-0.15, -0.1) is 0 Å². The van der Waals surface area contributed by atoms with E-state index in [0.717, 1.165) is 0 Å². The molecule has 25 heavy (non-hydrogen) atoms. The van der Waals surface area contributed by atoms with Crippen molar-refractivity contribution in [3.8, 4) is 0 Å². The summed E-state index contributed by atoms with van der Waals surface area (Å²) >= 11 is 0. The van der Waals surface area contributed by atoms with E-state index in [0.29, 0.717) is 65.0 Å². The fraction of sp³-hybridized carbons (Fsp3) is 0.824. The third kappa shape index (κ3) is 19.4. The number of carbonyl (C=O) groups is 1. The average molecular weight is 379 g/mol. The molecule has 0 aromatic carbocycles. The Kier molecular flexibility index (Phi) is 15.0. The van der Waals surface area contributed by atoms with Gasteiger partial charge in [0.25, 0.3) is 0 Å². The SMILES string of the molecule is C=C(C)C(=O)OCCOCCOCCOCCOCCO[Si](C)(C)C. The molecule has 0 heterocycles. The Morgan fingerprint density at radius 1 is 0.720 bits per heavy atom. The van der Waals surface area contributed by atoms with E-state index in [1.54, 1.807) is 6.92 Å². The van der Waals surface area contributed by atoms with E-state index in [1.165, 1.54) is 0 Å². The van der Waals surface area contributed by atoms with E-state index < -0.39 is 14.3 Å². The second-order valence-corrected chi connectivity index (χ2v) is 10.8. The van der Waals surface area contributed by atoms with Crippen LogP contribution in [0.25, 0.3) is 0 Å². The van der Waals surface area contributed by atoms with Gasteiger partial charge in [-0.2, -0.15) is 0 Å². The number of esters is 1. The normalized spacial score (nSPS) is 11.5. The second-order valence-electron chi connectivity index (χ2n) is 6.33. The van der Waals surface area contributed by atoms with Gasteiger partial charge in [-0.1, -0.05) is 6.58 Å². The minimum atomic E-state index is -1.44. The molecule has 0 aromatic rings. The van der Waals surface area contributed by atoms with Gasteiger partial charge in [0, 0.05) is 5.57 Å². The maximum absolute atomic E-state index is 11.1. The van der Waals surface area contributed by atoms with E-state index >= 15 is 0 Å². The van der Waals surface area contributed by atoms with Crippen molar-refractivity contribution < 1.29 is 32.9 Å². The topological polar surface area (TPSA) is 72.5 Å². The molecular formula is C17H34O7Si. The van der Waals surface area contributed by atoms with Crippen molar-refractivity contribution in [2.45, 2.75) is 26.6 Å². The highest BCUT2D eigenvalue weighted by molar-refractivity contribution is 6.69. The van der Waals surface area contributed by atoms with Gasteiger partial charge in [-0.05, 0) is 26.6 Å². The van der Waals surface area contributed by atoms with Crippen molar-refractivity contribution >= 4 is 14.3 Å². The molecular weight excluding hydrogens is 344 g/mol. The Bertz CT molecular complexity index is 355. The zero-order valence-electron chi connectivity index (χ0n) is 16.1. The predicted molar refractivity (Wildman–Crippen MR) is 98.3 cm³/mol. The molecule has 7 nitrogen and oxygen atoms in total. The quantitative estimate of drug-likeness (QED) is 0.166. The molecule has 148 valence electrons. The van der Waals surface area contributed by atoms with Crippen LogP contribution in [0.3, 0.4) is 0 Å². The molecule has 8 heteroatoms. The van der Waals surface area contributed by atoms with Gasteiger partial charge >= 0.3 is 5.97 Å². The molecule has 0 aliphatic heterocycles. The van der Waals surface area contributed by atoms with Crippen LogP contribution in [-0.4, -0.2) is 80.4 Å². The van der Waals surface area contributed by atoms with Crippen molar-refractivity contribution in [2.75, 3.05) is 66.1 Å². The molecule has 0 atom stereocenters. The van der Waals surface area contributed by atoms with E-state index in [9.17, 15) is 4.79 Å². The molecule has 0 aliphatic rings. The van der Waals surface area contributed by atoms with E-state index in [4.69, 9.17) is 28.1 Å². The first-order chi connectivity index (χ1) is 11.8. The molecule has 0 fully saturated rings. The van der Waals surface area contributed by atoms with Crippen LogP contribution in [0.1, 0.15) is 6.92 Å². The molecule has 0 saturated carbocycles. The van der Waals surface area contributed by atoms with Gasteiger partial charge in [0.1, 0.15) is 6.61 Å². The summed E-state index contributed by atoms with van der Waals surface area (Å²) in [7, 11) is -1.44. The lowest BCUT2D eigenvalue weighted by Gasteiger charge is -2.16. The summed E-state index contributed by atoms with van der Waals surface area (Å²) in [4.78, 5) is 11.1. The Labute approximate surface area is 152 Å². The highest BCUT2D eigenvalue weighted by atomic mass is 28.4. The van der Waals surface area contributed by atoms with Crippen molar-refractivity contribution in [3.63, 3.8) is 0 Å². The van der Waals surface area contributed by atoms with Crippen LogP contribution in [0, 0.1) is 0 Å². The van der Waals surface area contributed by atoms with Gasteiger partial charge in [-0.3, -0.25) is 0 Å². The Morgan fingerprint density at radius 2 is 1.08 bits per heavy atom. The summed E-state index contributed by atoms with van der Waals surface area (Å²) < 4.78 is 32.0. The molecule has 0 radical (unpaired) electrons. The zero-order chi connectivity index (χ0) is 19.0. The molecule has 0 amide bonds. The van der Waals surface area contributed by atoms with Crippen LogP contribution in [0.5, 0.6) is 0 Å². The van der Waals surface area contributed by atoms with E-state index in [1.807, 2.05) is 0 Å². The summed E-state index contributed by atoms with van der Waals surface area (Å²) in [5, 5.41) is 0. The highest BCUT2D eigenvalue weighted by Gasteiger charge is 2.12. The number of hydrogen-bond donors (Lipinski definition) is 0. The lowest BCUT2D eigenvalue weighted by atomic mass is 10.4. The second kappa shape index (κ2) is 15.5. The third-order valence-electron chi connectivity index (χ3n) is 2.69. The summed E-state index contributed by atoms with van der Waals surface area (Å²) in [6.07, 6.45) is 0. The van der Waals surface area contributed by atoms with Crippen molar-refractivity contribution in [2.24, 2.45) is 0 Å². The smallest absolute Gasteiger partial charge is 0.333 e. The Hall–Kier alpha value is -0.773. The molecule has 0 unspecified atom stereocenters. The molecule has 0 aliphatic carbocycles. The number of ether oxygens (including phenoxy) is 5. The predicted octanol–water partition coefficient (Wildman–Crippen LogP) is 2.02. The van der Waals surface area contributed by atoms with E-state index in [-0.39, 0.29) is 6.61 Å². The molecule has 0 bridgehead atoms. The van der Waals surface area contributed by atoms with Gasteiger partial charge in [-0.25, -0.2) is 4.79 Å². The van der Waals surface area contributed by atoms with Gasteiger partial charge in [0.05, 0.1) is 59.5 Å². The molecule has 0 spiro atoms. The number of carbonyl (C=O) groups excluding carboxylic acids is 1. The van der Waals surface area contributed by atoms with Crippen LogP contribution in [-0.2, 0) is 32.9 Å². The monoisotopic (exact) mass is 378 g/mol. The van der Waals surface area contributed by atoms with Gasteiger partial charge in [0.2, 0.25) is 0 Å². The molecule has 0 rings (SSSR count). The van der Waals surface area contributed by atoms with Crippen LogP contribution >= 0.6 is 0 Å². The maximum atomic E-state index is 11.1. The zero-order valence-corrected chi connectivity index (χ0v) is 17.1. The number of rotatable bonds is 17. The first kappa shape index (κ1) is 24.2. The molecule has 0 N–H and O–H groups in total. The summed E-state index contributed by atoms with van der Waals surface area (Å²) in [5.41, 5.74) is 0.383. The van der Waals surface area contributed by atoms with Crippen LogP contribution in [0.15, 0.2) is 12.2 Å². The van der Waals surface area contributed by atoms with Gasteiger partial charge in [0.15, 0.2) is 8.32 Å². The fourth-order valence-corrected chi connectivity index (χ4v) is 2.18. The van der Waals surface area contributed by atoms with E-state index in [2.05, 4.69) is 26.2 Å².